The average Bonchev–Trinajstić information content (AvgIpc) is 3.48. The van der Waals surface area contributed by atoms with Gasteiger partial charge in [-0.15, -0.1) is 0 Å². The minimum absolute atomic E-state index is 0.122. The molecule has 2 heterocycles. The first kappa shape index (κ1) is 23.6. The Morgan fingerprint density at radius 1 is 1.03 bits per heavy atom. The lowest BCUT2D eigenvalue weighted by Gasteiger charge is -2.17. The molecule has 2 unspecified atom stereocenters. The molecule has 0 saturated carbocycles. The SMILES string of the molecule is CC(C)c1ccc(S(=O)NC(=O)C(c2ccc3c(c2)OCO3)c2cn(C)c3cc(C#N)ccc23)cc1. The molecule has 0 fully saturated rings. The van der Waals surface area contributed by atoms with E-state index < -0.39 is 22.8 Å². The monoisotopic (exact) mass is 499 g/mol. The van der Waals surface area contributed by atoms with Crippen molar-refractivity contribution in [2.45, 2.75) is 30.6 Å². The van der Waals surface area contributed by atoms with Crippen LogP contribution in [0.1, 0.15) is 47.9 Å². The van der Waals surface area contributed by atoms with Gasteiger partial charge in [0.15, 0.2) is 22.5 Å². The molecule has 1 N–H and O–H groups in total. The number of fused-ring (bicyclic) bond motifs is 2. The standard InChI is InChI=1S/C28H25N3O4S/c1-17(2)19-5-8-21(9-6-19)36(33)30-28(32)27(20-7-11-25-26(13-20)35-16-34-25)23-15-31(3)24-12-18(14-29)4-10-22(23)24/h4-13,15,17,27H,16H2,1-3H3,(H,30,32). The van der Waals surface area contributed by atoms with Crippen molar-refractivity contribution >= 4 is 27.8 Å². The first-order chi connectivity index (χ1) is 17.4. The van der Waals surface area contributed by atoms with Crippen molar-refractivity contribution in [1.82, 2.24) is 9.29 Å². The van der Waals surface area contributed by atoms with Gasteiger partial charge in [0, 0.05) is 24.1 Å². The number of rotatable bonds is 6. The van der Waals surface area contributed by atoms with Gasteiger partial charge >= 0.3 is 0 Å². The summed E-state index contributed by atoms with van der Waals surface area (Å²) in [5, 5.41) is 10.2. The Morgan fingerprint density at radius 2 is 1.75 bits per heavy atom. The highest BCUT2D eigenvalue weighted by molar-refractivity contribution is 7.83. The molecule has 1 aliphatic heterocycles. The van der Waals surface area contributed by atoms with Crippen molar-refractivity contribution in [2.75, 3.05) is 6.79 Å². The molecule has 0 aliphatic carbocycles. The van der Waals surface area contributed by atoms with Crippen LogP contribution in [0, 0.1) is 11.3 Å². The second kappa shape index (κ2) is 9.51. The van der Waals surface area contributed by atoms with Gasteiger partial charge < -0.3 is 14.0 Å². The van der Waals surface area contributed by atoms with Crippen molar-refractivity contribution in [3.63, 3.8) is 0 Å². The summed E-state index contributed by atoms with van der Waals surface area (Å²) < 4.78 is 28.7. The van der Waals surface area contributed by atoms with E-state index in [1.807, 2.05) is 42.1 Å². The second-order valence-electron chi connectivity index (χ2n) is 9.04. The van der Waals surface area contributed by atoms with Gasteiger partial charge in [-0.25, -0.2) is 4.21 Å². The number of hydrogen-bond acceptors (Lipinski definition) is 5. The van der Waals surface area contributed by atoms with Gasteiger partial charge in [0.2, 0.25) is 12.7 Å². The van der Waals surface area contributed by atoms with Gasteiger partial charge in [0.25, 0.3) is 0 Å². The number of aryl methyl sites for hydroxylation is 1. The van der Waals surface area contributed by atoms with Gasteiger partial charge in [0.05, 0.1) is 22.4 Å². The highest BCUT2D eigenvalue weighted by atomic mass is 32.2. The number of nitrogens with zero attached hydrogens (tertiary/aromatic N) is 2. The molecule has 4 aromatic rings. The van der Waals surface area contributed by atoms with Crippen molar-refractivity contribution in [1.29, 1.82) is 5.26 Å². The van der Waals surface area contributed by atoms with Crippen LogP contribution >= 0.6 is 0 Å². The van der Waals surface area contributed by atoms with E-state index in [-0.39, 0.29) is 6.79 Å². The number of hydrogen-bond donors (Lipinski definition) is 1. The van der Waals surface area contributed by atoms with Crippen LogP contribution in [0.25, 0.3) is 10.9 Å². The fraction of sp³-hybridized carbons (Fsp3) is 0.214. The van der Waals surface area contributed by atoms with Crippen LogP contribution in [0.3, 0.4) is 0 Å². The lowest BCUT2D eigenvalue weighted by atomic mass is 9.90. The van der Waals surface area contributed by atoms with Crippen LogP contribution in [-0.2, 0) is 22.8 Å². The number of ether oxygens (including phenoxy) is 2. The van der Waals surface area contributed by atoms with E-state index in [4.69, 9.17) is 9.47 Å². The van der Waals surface area contributed by atoms with Crippen LogP contribution in [-0.4, -0.2) is 21.5 Å². The van der Waals surface area contributed by atoms with Crippen LogP contribution in [0.2, 0.25) is 0 Å². The maximum Gasteiger partial charge on any atom is 0.244 e. The summed E-state index contributed by atoms with van der Waals surface area (Å²) in [6.07, 6.45) is 1.88. The average molecular weight is 500 g/mol. The fourth-order valence-electron chi connectivity index (χ4n) is 4.47. The van der Waals surface area contributed by atoms with Gasteiger partial charge in [-0.1, -0.05) is 38.1 Å². The van der Waals surface area contributed by atoms with Crippen molar-refractivity contribution in [3.8, 4) is 17.6 Å². The smallest absolute Gasteiger partial charge is 0.244 e. The second-order valence-corrected chi connectivity index (χ2v) is 10.3. The highest BCUT2D eigenvalue weighted by Gasteiger charge is 2.29. The van der Waals surface area contributed by atoms with E-state index in [0.717, 1.165) is 22.0 Å². The number of benzene rings is 3. The summed E-state index contributed by atoms with van der Waals surface area (Å²) in [5.74, 6) is 0.350. The van der Waals surface area contributed by atoms with E-state index in [2.05, 4.69) is 24.6 Å². The Balaban J connectivity index is 1.55. The number of nitriles is 1. The van der Waals surface area contributed by atoms with Crippen molar-refractivity contribution < 1.29 is 18.5 Å². The summed E-state index contributed by atoms with van der Waals surface area (Å²) in [6, 6.07) is 20.3. The predicted molar refractivity (Wildman–Crippen MR) is 137 cm³/mol. The molecule has 1 amide bonds. The lowest BCUT2D eigenvalue weighted by molar-refractivity contribution is -0.119. The normalized spacial score (nSPS) is 14.0. The molecule has 0 saturated heterocycles. The van der Waals surface area contributed by atoms with E-state index >= 15 is 0 Å². The molecule has 0 bridgehead atoms. The molecule has 5 rings (SSSR count). The number of nitrogens with one attached hydrogen (secondary N) is 1. The van der Waals surface area contributed by atoms with Gasteiger partial charge in [-0.3, -0.25) is 9.52 Å². The molecule has 2 atom stereocenters. The van der Waals surface area contributed by atoms with E-state index in [0.29, 0.717) is 33.4 Å². The van der Waals surface area contributed by atoms with Crippen molar-refractivity contribution in [3.05, 3.63) is 89.1 Å². The largest absolute Gasteiger partial charge is 0.454 e. The van der Waals surface area contributed by atoms with E-state index in [1.54, 1.807) is 36.4 Å². The Bertz CT molecular complexity index is 1530. The minimum atomic E-state index is -1.74. The number of carbonyl (C=O) groups excluding carboxylic acids is 1. The topological polar surface area (TPSA) is 93.3 Å². The summed E-state index contributed by atoms with van der Waals surface area (Å²) >= 11 is 0. The molecule has 182 valence electrons. The molecule has 8 heteroatoms. The van der Waals surface area contributed by atoms with Gasteiger partial charge in [-0.05, 0) is 59.0 Å². The quantitative estimate of drug-likeness (QED) is 0.408. The molecule has 1 aliphatic rings. The zero-order chi connectivity index (χ0) is 25.4. The molecular weight excluding hydrogens is 474 g/mol. The molecule has 7 nitrogen and oxygen atoms in total. The Morgan fingerprint density at radius 3 is 2.47 bits per heavy atom. The minimum Gasteiger partial charge on any atom is -0.454 e. The summed E-state index contributed by atoms with van der Waals surface area (Å²) in [4.78, 5) is 14.3. The van der Waals surface area contributed by atoms with E-state index in [1.165, 1.54) is 0 Å². The van der Waals surface area contributed by atoms with Gasteiger partial charge in [0.1, 0.15) is 0 Å². The van der Waals surface area contributed by atoms with Crippen LogP contribution in [0.5, 0.6) is 11.5 Å². The number of amides is 1. The maximum absolute atomic E-state index is 13.7. The Hall–Kier alpha value is -4.09. The van der Waals surface area contributed by atoms with Crippen LogP contribution in [0.15, 0.2) is 71.8 Å². The first-order valence-electron chi connectivity index (χ1n) is 11.6. The molecule has 0 spiro atoms. The van der Waals surface area contributed by atoms with Crippen molar-refractivity contribution in [2.24, 2.45) is 7.05 Å². The molecule has 3 aromatic carbocycles. The number of carbonyl (C=O) groups is 1. The zero-order valence-corrected chi connectivity index (χ0v) is 21.0. The summed E-state index contributed by atoms with van der Waals surface area (Å²) in [6.45, 7) is 4.30. The maximum atomic E-state index is 13.7. The summed E-state index contributed by atoms with van der Waals surface area (Å²) in [7, 11) is 0.131. The predicted octanol–water partition coefficient (Wildman–Crippen LogP) is 4.87. The third kappa shape index (κ3) is 4.34. The Labute approximate surface area is 211 Å². The number of aromatic nitrogens is 1. The van der Waals surface area contributed by atoms with Crippen LogP contribution in [0.4, 0.5) is 0 Å². The molecule has 0 radical (unpaired) electrons. The highest BCUT2D eigenvalue weighted by Crippen LogP contribution is 2.39. The molecule has 36 heavy (non-hydrogen) atoms. The third-order valence-electron chi connectivity index (χ3n) is 6.41. The van der Waals surface area contributed by atoms with Gasteiger partial charge in [-0.2, -0.15) is 5.26 Å². The lowest BCUT2D eigenvalue weighted by Crippen LogP contribution is -2.31. The zero-order valence-electron chi connectivity index (χ0n) is 20.1. The third-order valence-corrected chi connectivity index (χ3v) is 7.49. The summed E-state index contributed by atoms with van der Waals surface area (Å²) in [5.41, 5.74) is 3.91. The first-order valence-corrected chi connectivity index (χ1v) is 12.7. The molecular formula is C28H25N3O4S. The molecule has 1 aromatic heterocycles. The van der Waals surface area contributed by atoms with Crippen LogP contribution < -0.4 is 14.2 Å². The fourth-order valence-corrected chi connectivity index (χ4v) is 5.27. The van der Waals surface area contributed by atoms with E-state index in [9.17, 15) is 14.3 Å². The Kier molecular flexibility index (Phi) is 6.25.